The summed E-state index contributed by atoms with van der Waals surface area (Å²) in [6.07, 6.45) is 0. The molecule has 1 amide bonds. The van der Waals surface area contributed by atoms with E-state index < -0.39 is 10.0 Å². The van der Waals surface area contributed by atoms with Gasteiger partial charge in [-0.1, -0.05) is 42.5 Å². The predicted octanol–water partition coefficient (Wildman–Crippen LogP) is 4.01. The number of anilines is 1. The first kappa shape index (κ1) is 21.4. The van der Waals surface area contributed by atoms with Crippen molar-refractivity contribution >= 4 is 21.6 Å². The SMILES string of the molecule is COc1ccccc1N(C)S(=O)(=O)c1ccc(C(=O)N[C@H](C)c2ccccc2)cc1. The molecule has 0 unspecified atom stereocenters. The second-order valence-electron chi connectivity index (χ2n) is 6.77. The monoisotopic (exact) mass is 424 g/mol. The normalized spacial score (nSPS) is 12.1. The highest BCUT2D eigenvalue weighted by Gasteiger charge is 2.24. The molecule has 0 aliphatic rings. The summed E-state index contributed by atoms with van der Waals surface area (Å²) in [6.45, 7) is 1.90. The molecule has 6 nitrogen and oxygen atoms in total. The summed E-state index contributed by atoms with van der Waals surface area (Å²) in [5.41, 5.74) is 1.80. The molecule has 3 aromatic carbocycles. The number of hydrogen-bond acceptors (Lipinski definition) is 4. The quantitative estimate of drug-likeness (QED) is 0.622. The Balaban J connectivity index is 1.78. The number of nitrogens with one attached hydrogen (secondary N) is 1. The second-order valence-corrected chi connectivity index (χ2v) is 8.74. The zero-order valence-corrected chi connectivity index (χ0v) is 17.9. The van der Waals surface area contributed by atoms with Crippen molar-refractivity contribution in [2.45, 2.75) is 17.9 Å². The van der Waals surface area contributed by atoms with E-state index in [-0.39, 0.29) is 16.8 Å². The smallest absolute Gasteiger partial charge is 0.264 e. The number of carbonyl (C=O) groups is 1. The number of nitrogens with zero attached hydrogens (tertiary/aromatic N) is 1. The van der Waals surface area contributed by atoms with Crippen LogP contribution in [0.25, 0.3) is 0 Å². The lowest BCUT2D eigenvalue weighted by Crippen LogP contribution is -2.28. The van der Waals surface area contributed by atoms with Crippen LogP contribution in [0.4, 0.5) is 5.69 Å². The first-order chi connectivity index (χ1) is 14.3. The van der Waals surface area contributed by atoms with Gasteiger partial charge in [-0.05, 0) is 48.9 Å². The van der Waals surface area contributed by atoms with Crippen LogP contribution in [0.1, 0.15) is 28.9 Å². The summed E-state index contributed by atoms with van der Waals surface area (Å²) >= 11 is 0. The number of sulfonamides is 1. The lowest BCUT2D eigenvalue weighted by Gasteiger charge is -2.21. The lowest BCUT2D eigenvalue weighted by atomic mass is 10.1. The summed E-state index contributed by atoms with van der Waals surface area (Å²) in [5.74, 6) is 0.183. The molecule has 0 spiro atoms. The van der Waals surface area contributed by atoms with Crippen molar-refractivity contribution in [3.8, 4) is 5.75 Å². The van der Waals surface area contributed by atoms with E-state index in [2.05, 4.69) is 5.32 Å². The molecule has 0 aliphatic heterocycles. The fourth-order valence-electron chi connectivity index (χ4n) is 3.06. The summed E-state index contributed by atoms with van der Waals surface area (Å²) in [6, 6.07) is 22.2. The van der Waals surface area contributed by atoms with Crippen molar-refractivity contribution in [2.75, 3.05) is 18.5 Å². The van der Waals surface area contributed by atoms with Crippen molar-refractivity contribution < 1.29 is 17.9 Å². The van der Waals surface area contributed by atoms with E-state index in [1.807, 2.05) is 37.3 Å². The Morgan fingerprint density at radius 2 is 1.53 bits per heavy atom. The topological polar surface area (TPSA) is 75.7 Å². The van der Waals surface area contributed by atoms with E-state index in [1.54, 1.807) is 24.3 Å². The van der Waals surface area contributed by atoms with Gasteiger partial charge in [0.1, 0.15) is 5.75 Å². The molecule has 0 radical (unpaired) electrons. The molecule has 0 aliphatic carbocycles. The molecule has 0 heterocycles. The Kier molecular flexibility index (Phi) is 6.42. The predicted molar refractivity (Wildman–Crippen MR) is 117 cm³/mol. The van der Waals surface area contributed by atoms with Gasteiger partial charge in [0.25, 0.3) is 15.9 Å². The van der Waals surface area contributed by atoms with E-state index in [1.165, 1.54) is 42.7 Å². The maximum atomic E-state index is 13.0. The molecule has 30 heavy (non-hydrogen) atoms. The van der Waals surface area contributed by atoms with Crippen molar-refractivity contribution in [3.63, 3.8) is 0 Å². The highest BCUT2D eigenvalue weighted by atomic mass is 32.2. The van der Waals surface area contributed by atoms with Crippen molar-refractivity contribution in [1.29, 1.82) is 0 Å². The summed E-state index contributed by atoms with van der Waals surface area (Å²) in [4.78, 5) is 12.6. The van der Waals surface area contributed by atoms with E-state index in [4.69, 9.17) is 4.74 Å². The lowest BCUT2D eigenvalue weighted by molar-refractivity contribution is 0.0940. The summed E-state index contributed by atoms with van der Waals surface area (Å²) in [7, 11) is -0.855. The Morgan fingerprint density at radius 1 is 0.933 bits per heavy atom. The maximum absolute atomic E-state index is 13.0. The minimum Gasteiger partial charge on any atom is -0.495 e. The van der Waals surface area contributed by atoms with Gasteiger partial charge in [0.05, 0.1) is 23.7 Å². The molecule has 3 aromatic rings. The highest BCUT2D eigenvalue weighted by Crippen LogP contribution is 2.30. The number of amides is 1. The molecular formula is C23H24N2O4S. The fourth-order valence-corrected chi connectivity index (χ4v) is 4.27. The maximum Gasteiger partial charge on any atom is 0.264 e. The minimum absolute atomic E-state index is 0.0866. The molecule has 7 heteroatoms. The largest absolute Gasteiger partial charge is 0.495 e. The third-order valence-corrected chi connectivity index (χ3v) is 6.63. The third-order valence-electron chi connectivity index (χ3n) is 4.85. The molecule has 156 valence electrons. The van der Waals surface area contributed by atoms with Gasteiger partial charge < -0.3 is 10.1 Å². The molecule has 0 bridgehead atoms. The van der Waals surface area contributed by atoms with Gasteiger partial charge in [-0.15, -0.1) is 0 Å². The number of para-hydroxylation sites is 2. The zero-order valence-electron chi connectivity index (χ0n) is 17.1. The van der Waals surface area contributed by atoms with Crippen LogP contribution < -0.4 is 14.4 Å². The summed E-state index contributed by atoms with van der Waals surface area (Å²) in [5, 5.41) is 2.92. The van der Waals surface area contributed by atoms with E-state index in [0.717, 1.165) is 5.56 Å². The van der Waals surface area contributed by atoms with Gasteiger partial charge in [0.15, 0.2) is 0 Å². The van der Waals surface area contributed by atoms with Gasteiger partial charge in [-0.25, -0.2) is 8.42 Å². The fraction of sp³-hybridized carbons (Fsp3) is 0.174. The Labute approximate surface area is 177 Å². The van der Waals surface area contributed by atoms with Crippen LogP contribution in [0.2, 0.25) is 0 Å². The van der Waals surface area contributed by atoms with Gasteiger partial charge in [0.2, 0.25) is 0 Å². The number of methoxy groups -OCH3 is 1. The van der Waals surface area contributed by atoms with E-state index >= 15 is 0 Å². The van der Waals surface area contributed by atoms with Crippen LogP contribution in [0, 0.1) is 0 Å². The molecule has 0 saturated carbocycles. The first-order valence-corrected chi connectivity index (χ1v) is 10.9. The Bertz CT molecular complexity index is 1110. The van der Waals surface area contributed by atoms with Crippen molar-refractivity contribution in [1.82, 2.24) is 5.32 Å². The van der Waals surface area contributed by atoms with Gasteiger partial charge >= 0.3 is 0 Å². The van der Waals surface area contributed by atoms with Crippen molar-refractivity contribution in [3.05, 3.63) is 90.0 Å². The second kappa shape index (κ2) is 9.00. The number of rotatable bonds is 7. The number of hydrogen-bond donors (Lipinski definition) is 1. The first-order valence-electron chi connectivity index (χ1n) is 9.42. The van der Waals surface area contributed by atoms with Crippen molar-refractivity contribution in [2.24, 2.45) is 0 Å². The molecule has 3 rings (SSSR count). The van der Waals surface area contributed by atoms with Gasteiger partial charge in [0, 0.05) is 12.6 Å². The number of carbonyl (C=O) groups excluding carboxylic acids is 1. The van der Waals surface area contributed by atoms with E-state index in [9.17, 15) is 13.2 Å². The average molecular weight is 425 g/mol. The van der Waals surface area contributed by atoms with Crippen LogP contribution in [0.5, 0.6) is 5.75 Å². The third kappa shape index (κ3) is 4.46. The van der Waals surface area contributed by atoms with Crippen LogP contribution in [-0.2, 0) is 10.0 Å². The molecule has 0 aromatic heterocycles. The Hall–Kier alpha value is -3.32. The number of benzene rings is 3. The Morgan fingerprint density at radius 3 is 2.17 bits per heavy atom. The van der Waals surface area contributed by atoms with Crippen LogP contribution in [0.3, 0.4) is 0 Å². The molecule has 0 fully saturated rings. The van der Waals surface area contributed by atoms with E-state index in [0.29, 0.717) is 17.0 Å². The van der Waals surface area contributed by atoms with Crippen LogP contribution in [-0.4, -0.2) is 28.5 Å². The highest BCUT2D eigenvalue weighted by molar-refractivity contribution is 7.92. The molecule has 0 saturated heterocycles. The van der Waals surface area contributed by atoms with Crippen LogP contribution in [0.15, 0.2) is 83.8 Å². The minimum atomic E-state index is -3.81. The molecule has 1 N–H and O–H groups in total. The zero-order chi connectivity index (χ0) is 21.7. The van der Waals surface area contributed by atoms with Gasteiger partial charge in [-0.2, -0.15) is 0 Å². The van der Waals surface area contributed by atoms with Crippen LogP contribution >= 0.6 is 0 Å². The standard InChI is InChI=1S/C23H24N2O4S/c1-17(18-9-5-4-6-10-18)24-23(26)19-13-15-20(16-14-19)30(27,28)25(2)21-11-7-8-12-22(21)29-3/h4-17H,1-3H3,(H,24,26)/t17-/m1/s1. The summed E-state index contributed by atoms with van der Waals surface area (Å²) < 4.78 is 32.5. The molecule has 1 atom stereocenters. The van der Waals surface area contributed by atoms with Gasteiger partial charge in [-0.3, -0.25) is 9.10 Å². The average Bonchev–Trinajstić information content (AvgIpc) is 2.79. The molecular weight excluding hydrogens is 400 g/mol. The number of ether oxygens (including phenoxy) is 1.